The molecule has 0 aliphatic rings. The molecule has 0 heterocycles. The van der Waals surface area contributed by atoms with Gasteiger partial charge in [0.25, 0.3) is 0 Å². The average molecular weight is 270 g/mol. The molecule has 2 amide bonds. The lowest BCUT2D eigenvalue weighted by molar-refractivity contribution is -0.123. The first-order chi connectivity index (χ1) is 8.70. The molecule has 2 N–H and O–H groups in total. The van der Waals surface area contributed by atoms with Crippen molar-refractivity contribution in [3.63, 3.8) is 0 Å². The number of carbonyl (C=O) groups excluding carboxylic acids is 2. The summed E-state index contributed by atoms with van der Waals surface area (Å²) in [5.41, 5.74) is 0.0366. The Kier molecular flexibility index (Phi) is 8.44. The van der Waals surface area contributed by atoms with Gasteiger partial charge in [-0.25, -0.2) is 0 Å². The maximum absolute atomic E-state index is 11.5. The van der Waals surface area contributed by atoms with Gasteiger partial charge in [0.1, 0.15) is 0 Å². The van der Waals surface area contributed by atoms with Crippen LogP contribution in [0.15, 0.2) is 0 Å². The molecular weight excluding hydrogens is 240 g/mol. The van der Waals surface area contributed by atoms with Crippen molar-refractivity contribution in [3.8, 4) is 0 Å². The molecule has 0 aliphatic carbocycles. The molecule has 0 aromatic carbocycles. The first kappa shape index (κ1) is 17.9. The van der Waals surface area contributed by atoms with Crippen molar-refractivity contribution in [2.45, 2.75) is 60.3 Å². The van der Waals surface area contributed by atoms with Gasteiger partial charge in [-0.05, 0) is 24.2 Å². The van der Waals surface area contributed by atoms with Gasteiger partial charge in [-0.1, -0.05) is 34.6 Å². The van der Waals surface area contributed by atoms with E-state index >= 15 is 0 Å². The monoisotopic (exact) mass is 270 g/mol. The predicted molar refractivity (Wildman–Crippen MR) is 78.8 cm³/mol. The number of carbonyl (C=O) groups is 2. The molecular formula is C15H30N2O2. The van der Waals surface area contributed by atoms with Crippen molar-refractivity contribution in [1.82, 2.24) is 10.6 Å². The summed E-state index contributed by atoms with van der Waals surface area (Å²) in [6, 6.07) is 0. The van der Waals surface area contributed by atoms with E-state index in [4.69, 9.17) is 0 Å². The lowest BCUT2D eigenvalue weighted by Gasteiger charge is -2.17. The maximum atomic E-state index is 11.5. The van der Waals surface area contributed by atoms with Crippen molar-refractivity contribution in [2.24, 2.45) is 11.3 Å². The Morgan fingerprint density at radius 1 is 0.947 bits per heavy atom. The van der Waals surface area contributed by atoms with Gasteiger partial charge in [-0.15, -0.1) is 0 Å². The zero-order valence-electron chi connectivity index (χ0n) is 13.1. The van der Waals surface area contributed by atoms with Crippen LogP contribution < -0.4 is 10.6 Å². The fourth-order valence-corrected chi connectivity index (χ4v) is 1.69. The first-order valence-corrected chi connectivity index (χ1v) is 7.24. The summed E-state index contributed by atoms with van der Waals surface area (Å²) in [6.45, 7) is 11.6. The molecule has 0 bridgehead atoms. The Labute approximate surface area is 117 Å². The van der Waals surface area contributed by atoms with E-state index in [1.54, 1.807) is 0 Å². The Morgan fingerprint density at radius 2 is 1.42 bits per heavy atom. The normalized spacial score (nSPS) is 11.5. The van der Waals surface area contributed by atoms with Crippen LogP contribution in [0.5, 0.6) is 0 Å². The van der Waals surface area contributed by atoms with Crippen molar-refractivity contribution in [3.05, 3.63) is 0 Å². The molecule has 0 aromatic heterocycles. The quantitative estimate of drug-likeness (QED) is 0.666. The van der Waals surface area contributed by atoms with Crippen LogP contribution in [0.25, 0.3) is 0 Å². The number of nitrogens with one attached hydrogen (secondary N) is 2. The van der Waals surface area contributed by atoms with E-state index in [9.17, 15) is 9.59 Å². The summed E-state index contributed by atoms with van der Waals surface area (Å²) in [5, 5.41) is 5.80. The number of rotatable bonds is 8. The molecule has 0 saturated carbocycles. The first-order valence-electron chi connectivity index (χ1n) is 7.24. The topological polar surface area (TPSA) is 58.2 Å². The molecule has 19 heavy (non-hydrogen) atoms. The third-order valence-corrected chi connectivity index (χ3v) is 2.53. The van der Waals surface area contributed by atoms with Crippen molar-refractivity contribution < 1.29 is 9.59 Å². The molecule has 4 heteroatoms. The van der Waals surface area contributed by atoms with Gasteiger partial charge in [-0.2, -0.15) is 0 Å². The van der Waals surface area contributed by atoms with Gasteiger partial charge in [0, 0.05) is 25.9 Å². The van der Waals surface area contributed by atoms with E-state index in [-0.39, 0.29) is 17.2 Å². The second-order valence-corrected chi connectivity index (χ2v) is 6.74. The fraction of sp³-hybridized carbons (Fsp3) is 0.867. The lowest BCUT2D eigenvalue weighted by Crippen LogP contribution is -2.29. The minimum absolute atomic E-state index is 0.0366. The van der Waals surface area contributed by atoms with Gasteiger partial charge in [0.05, 0.1) is 0 Å². The van der Waals surface area contributed by atoms with Crippen LogP contribution in [0.3, 0.4) is 0 Å². The van der Waals surface area contributed by atoms with E-state index in [2.05, 4.69) is 31.4 Å². The smallest absolute Gasteiger partial charge is 0.220 e. The summed E-state index contributed by atoms with van der Waals surface area (Å²) >= 11 is 0. The summed E-state index contributed by atoms with van der Waals surface area (Å²) in [5.74, 6) is 0.625. The summed E-state index contributed by atoms with van der Waals surface area (Å²) < 4.78 is 0. The van der Waals surface area contributed by atoms with Crippen LogP contribution >= 0.6 is 0 Å². The summed E-state index contributed by atoms with van der Waals surface area (Å²) in [7, 11) is 0. The minimum Gasteiger partial charge on any atom is -0.356 e. The van der Waals surface area contributed by atoms with E-state index in [1.807, 2.05) is 13.8 Å². The second kappa shape index (κ2) is 8.94. The fourth-order valence-electron chi connectivity index (χ4n) is 1.69. The Hall–Kier alpha value is -1.06. The zero-order valence-corrected chi connectivity index (χ0v) is 13.1. The van der Waals surface area contributed by atoms with Crippen LogP contribution in [0.4, 0.5) is 0 Å². The number of unbranched alkanes of at least 4 members (excludes halogenated alkanes) is 1. The van der Waals surface area contributed by atoms with Gasteiger partial charge in [-0.3, -0.25) is 9.59 Å². The largest absolute Gasteiger partial charge is 0.356 e. The van der Waals surface area contributed by atoms with Crippen LogP contribution in [-0.4, -0.2) is 24.9 Å². The van der Waals surface area contributed by atoms with E-state index in [0.29, 0.717) is 31.8 Å². The lowest BCUT2D eigenvalue weighted by atomic mass is 9.92. The standard InChI is InChI=1S/C15H30N2O2/c1-12(2)10-13(18)16-8-6-7-9-17-14(19)11-15(3,4)5/h12H,6-11H2,1-5H3,(H,16,18)(H,17,19). The minimum atomic E-state index is 0.0366. The third-order valence-electron chi connectivity index (χ3n) is 2.53. The molecule has 4 nitrogen and oxygen atoms in total. The predicted octanol–water partition coefficient (Wildman–Crippen LogP) is 2.48. The molecule has 0 aromatic rings. The highest BCUT2D eigenvalue weighted by molar-refractivity contribution is 5.76. The molecule has 0 fully saturated rings. The molecule has 0 unspecified atom stereocenters. The molecule has 0 spiro atoms. The Balaban J connectivity index is 3.46. The molecule has 0 saturated heterocycles. The van der Waals surface area contributed by atoms with Crippen LogP contribution in [0.2, 0.25) is 0 Å². The summed E-state index contributed by atoms with van der Waals surface area (Å²) in [4.78, 5) is 22.9. The van der Waals surface area contributed by atoms with Crippen molar-refractivity contribution in [2.75, 3.05) is 13.1 Å². The van der Waals surface area contributed by atoms with Gasteiger partial charge >= 0.3 is 0 Å². The van der Waals surface area contributed by atoms with Crippen molar-refractivity contribution >= 4 is 11.8 Å². The number of amides is 2. The van der Waals surface area contributed by atoms with Gasteiger partial charge < -0.3 is 10.6 Å². The Morgan fingerprint density at radius 3 is 1.84 bits per heavy atom. The van der Waals surface area contributed by atoms with E-state index < -0.39 is 0 Å². The average Bonchev–Trinajstić information content (AvgIpc) is 2.19. The highest BCUT2D eigenvalue weighted by atomic mass is 16.2. The van der Waals surface area contributed by atoms with E-state index in [1.165, 1.54) is 0 Å². The molecule has 0 aliphatic heterocycles. The maximum Gasteiger partial charge on any atom is 0.220 e. The highest BCUT2D eigenvalue weighted by Gasteiger charge is 2.15. The van der Waals surface area contributed by atoms with Crippen molar-refractivity contribution in [1.29, 1.82) is 0 Å². The summed E-state index contributed by atoms with van der Waals surface area (Å²) in [6.07, 6.45) is 2.94. The van der Waals surface area contributed by atoms with E-state index in [0.717, 1.165) is 12.8 Å². The van der Waals surface area contributed by atoms with Gasteiger partial charge in [0.2, 0.25) is 11.8 Å². The van der Waals surface area contributed by atoms with Crippen LogP contribution in [-0.2, 0) is 9.59 Å². The highest BCUT2D eigenvalue weighted by Crippen LogP contribution is 2.17. The Bertz CT molecular complexity index is 280. The second-order valence-electron chi connectivity index (χ2n) is 6.74. The third kappa shape index (κ3) is 13.2. The SMILES string of the molecule is CC(C)CC(=O)NCCCCNC(=O)CC(C)(C)C. The molecule has 112 valence electrons. The zero-order chi connectivity index (χ0) is 14.9. The van der Waals surface area contributed by atoms with Crippen LogP contribution in [0.1, 0.15) is 60.3 Å². The molecule has 0 rings (SSSR count). The van der Waals surface area contributed by atoms with Gasteiger partial charge in [0.15, 0.2) is 0 Å². The molecule has 0 atom stereocenters. The number of hydrogen-bond acceptors (Lipinski definition) is 2. The van der Waals surface area contributed by atoms with Crippen LogP contribution in [0, 0.1) is 11.3 Å². The molecule has 0 radical (unpaired) electrons. The number of hydrogen-bond donors (Lipinski definition) is 2.